The molecule has 1 unspecified atom stereocenters. The zero-order chi connectivity index (χ0) is 22.9. The zero-order valence-corrected chi connectivity index (χ0v) is 20.1. The standard InChI is InChI=1S/C28H30N2O2S/c1-2-18-12-14-19(15-13-18)21-16-26(32)30(23-9-7-10-24(31)27(21)23)28-22(17-29)20-8-5-3-4-6-11-25(20)33-28/h12-15,21H,2-11,16H2,1H3. The Kier molecular flexibility index (Phi) is 6.21. The molecule has 5 heteroatoms. The van der Waals surface area contributed by atoms with Crippen LogP contribution >= 0.6 is 11.3 Å². The van der Waals surface area contributed by atoms with E-state index in [2.05, 4.69) is 37.3 Å². The Hall–Kier alpha value is -2.71. The topological polar surface area (TPSA) is 61.2 Å². The first-order valence-corrected chi connectivity index (χ1v) is 13.2. The molecule has 1 aromatic heterocycles. The molecule has 3 aliphatic rings. The van der Waals surface area contributed by atoms with Crippen LogP contribution in [0.4, 0.5) is 5.00 Å². The second-order valence-corrected chi connectivity index (χ2v) is 10.5. The van der Waals surface area contributed by atoms with Crippen molar-refractivity contribution in [1.82, 2.24) is 0 Å². The number of anilines is 1. The van der Waals surface area contributed by atoms with E-state index in [-0.39, 0.29) is 24.0 Å². The third-order valence-electron chi connectivity index (χ3n) is 7.43. The SMILES string of the molecule is CCc1ccc(C2CC(=O)N(c3sc4c(c3C#N)CCCCCC4)C3=C2C(=O)CCC3)cc1. The quantitative estimate of drug-likeness (QED) is 0.537. The molecule has 1 amide bonds. The molecule has 2 aliphatic carbocycles. The fourth-order valence-corrected chi connectivity index (χ4v) is 7.06. The number of ketones is 1. The summed E-state index contributed by atoms with van der Waals surface area (Å²) in [7, 11) is 0. The lowest BCUT2D eigenvalue weighted by Crippen LogP contribution is -2.40. The fraction of sp³-hybridized carbons (Fsp3) is 0.464. The summed E-state index contributed by atoms with van der Waals surface area (Å²) in [6.07, 6.45) is 9.79. The number of amides is 1. The van der Waals surface area contributed by atoms with Crippen LogP contribution < -0.4 is 4.90 Å². The summed E-state index contributed by atoms with van der Waals surface area (Å²) in [5.74, 6) is -0.0144. The van der Waals surface area contributed by atoms with Gasteiger partial charge in [0.1, 0.15) is 11.1 Å². The third kappa shape index (κ3) is 3.95. The van der Waals surface area contributed by atoms with E-state index in [1.807, 2.05) is 0 Å². The molecule has 0 N–H and O–H groups in total. The van der Waals surface area contributed by atoms with E-state index >= 15 is 0 Å². The predicted octanol–water partition coefficient (Wildman–Crippen LogP) is 6.37. The maximum absolute atomic E-state index is 13.7. The highest BCUT2D eigenvalue weighted by molar-refractivity contribution is 7.16. The van der Waals surface area contributed by atoms with Gasteiger partial charge in [0, 0.05) is 34.9 Å². The van der Waals surface area contributed by atoms with Gasteiger partial charge in [-0.15, -0.1) is 11.3 Å². The van der Waals surface area contributed by atoms with E-state index in [1.165, 1.54) is 23.3 Å². The summed E-state index contributed by atoms with van der Waals surface area (Å²) in [6, 6.07) is 10.8. The zero-order valence-electron chi connectivity index (χ0n) is 19.3. The number of allylic oxidation sites excluding steroid dienone is 2. The molecule has 0 saturated heterocycles. The molecule has 0 spiro atoms. The first-order valence-electron chi connectivity index (χ1n) is 12.3. The number of hydrogen-bond donors (Lipinski definition) is 0. The molecule has 0 fully saturated rings. The Balaban J connectivity index is 1.63. The van der Waals surface area contributed by atoms with Crippen LogP contribution in [0.25, 0.3) is 0 Å². The van der Waals surface area contributed by atoms with Crippen LogP contribution in [-0.2, 0) is 28.9 Å². The minimum Gasteiger partial charge on any atom is -0.294 e. The molecule has 4 nitrogen and oxygen atoms in total. The average Bonchev–Trinajstić information content (AvgIpc) is 3.14. The van der Waals surface area contributed by atoms with Gasteiger partial charge in [0.25, 0.3) is 0 Å². The van der Waals surface area contributed by atoms with Crippen molar-refractivity contribution in [2.24, 2.45) is 0 Å². The van der Waals surface area contributed by atoms with E-state index in [4.69, 9.17) is 0 Å². The molecular formula is C28H30N2O2S. The number of rotatable bonds is 3. The number of aryl methyl sites for hydroxylation is 2. The Morgan fingerprint density at radius 3 is 2.48 bits per heavy atom. The van der Waals surface area contributed by atoms with E-state index in [0.29, 0.717) is 18.4 Å². The minimum atomic E-state index is -0.186. The summed E-state index contributed by atoms with van der Waals surface area (Å²) >= 11 is 1.62. The first-order chi connectivity index (χ1) is 16.1. The van der Waals surface area contributed by atoms with Crippen molar-refractivity contribution in [2.75, 3.05) is 4.90 Å². The number of fused-ring (bicyclic) bond motifs is 1. The van der Waals surface area contributed by atoms with Gasteiger partial charge in [0.2, 0.25) is 5.91 Å². The van der Waals surface area contributed by atoms with Gasteiger partial charge in [0.15, 0.2) is 5.78 Å². The van der Waals surface area contributed by atoms with Gasteiger partial charge < -0.3 is 0 Å². The number of carbonyl (C=O) groups is 2. The van der Waals surface area contributed by atoms with Crippen molar-refractivity contribution in [3.8, 4) is 6.07 Å². The maximum atomic E-state index is 13.7. The van der Waals surface area contributed by atoms with Crippen LogP contribution in [0.15, 0.2) is 35.5 Å². The van der Waals surface area contributed by atoms with Crippen LogP contribution in [-0.4, -0.2) is 11.7 Å². The molecule has 1 aliphatic heterocycles. The Labute approximate surface area is 199 Å². The van der Waals surface area contributed by atoms with Crippen LogP contribution in [0.5, 0.6) is 0 Å². The Morgan fingerprint density at radius 1 is 1.00 bits per heavy atom. The third-order valence-corrected chi connectivity index (χ3v) is 8.71. The minimum absolute atomic E-state index is 0.0127. The molecule has 5 rings (SSSR count). The Bertz CT molecular complexity index is 1170. The van der Waals surface area contributed by atoms with Gasteiger partial charge in [-0.05, 0) is 61.6 Å². The largest absolute Gasteiger partial charge is 0.294 e. The van der Waals surface area contributed by atoms with Gasteiger partial charge in [-0.3, -0.25) is 14.5 Å². The van der Waals surface area contributed by atoms with Gasteiger partial charge in [-0.2, -0.15) is 5.26 Å². The first kappa shape index (κ1) is 22.1. The van der Waals surface area contributed by atoms with Crippen molar-refractivity contribution < 1.29 is 9.59 Å². The predicted molar refractivity (Wildman–Crippen MR) is 131 cm³/mol. The lowest BCUT2D eigenvalue weighted by molar-refractivity contribution is -0.119. The van der Waals surface area contributed by atoms with Crippen LogP contribution in [0.2, 0.25) is 0 Å². The van der Waals surface area contributed by atoms with Crippen LogP contribution in [0.1, 0.15) is 91.3 Å². The fourth-order valence-electron chi connectivity index (χ4n) is 5.68. The molecular weight excluding hydrogens is 428 g/mol. The number of nitrogens with zero attached hydrogens (tertiary/aromatic N) is 2. The van der Waals surface area contributed by atoms with E-state index in [1.54, 1.807) is 16.2 Å². The van der Waals surface area contributed by atoms with E-state index in [9.17, 15) is 14.9 Å². The summed E-state index contributed by atoms with van der Waals surface area (Å²) in [5.41, 5.74) is 5.75. The summed E-state index contributed by atoms with van der Waals surface area (Å²) in [4.78, 5) is 29.9. The lowest BCUT2D eigenvalue weighted by atomic mass is 9.77. The number of benzene rings is 1. The molecule has 2 aromatic rings. The number of hydrogen-bond acceptors (Lipinski definition) is 4. The monoisotopic (exact) mass is 458 g/mol. The molecule has 33 heavy (non-hydrogen) atoms. The Morgan fingerprint density at radius 2 is 1.76 bits per heavy atom. The number of carbonyl (C=O) groups excluding carboxylic acids is 2. The second kappa shape index (κ2) is 9.27. The molecule has 0 saturated carbocycles. The molecule has 0 bridgehead atoms. The highest BCUT2D eigenvalue weighted by Crippen LogP contribution is 2.47. The average molecular weight is 459 g/mol. The van der Waals surface area contributed by atoms with Crippen molar-refractivity contribution in [2.45, 2.75) is 83.5 Å². The van der Waals surface area contributed by atoms with E-state index in [0.717, 1.165) is 65.9 Å². The van der Waals surface area contributed by atoms with Crippen LogP contribution in [0.3, 0.4) is 0 Å². The second-order valence-electron chi connectivity index (χ2n) is 9.43. The molecule has 2 heterocycles. The van der Waals surface area contributed by atoms with Gasteiger partial charge in [-0.1, -0.05) is 44.0 Å². The summed E-state index contributed by atoms with van der Waals surface area (Å²) < 4.78 is 0. The number of Topliss-reactive ketones (excluding diaryl/α,β-unsaturated/α-hetero) is 1. The van der Waals surface area contributed by atoms with Crippen molar-refractivity contribution >= 4 is 28.0 Å². The van der Waals surface area contributed by atoms with Crippen molar-refractivity contribution in [3.63, 3.8) is 0 Å². The molecule has 170 valence electrons. The summed E-state index contributed by atoms with van der Waals surface area (Å²) in [6.45, 7) is 2.12. The van der Waals surface area contributed by atoms with Gasteiger partial charge in [-0.25, -0.2) is 0 Å². The van der Waals surface area contributed by atoms with Crippen molar-refractivity contribution in [1.29, 1.82) is 5.26 Å². The highest BCUT2D eigenvalue weighted by Gasteiger charge is 2.41. The van der Waals surface area contributed by atoms with Crippen LogP contribution in [0, 0.1) is 11.3 Å². The van der Waals surface area contributed by atoms with Gasteiger partial charge >= 0.3 is 0 Å². The number of thiophene rings is 1. The lowest BCUT2D eigenvalue weighted by Gasteiger charge is -2.38. The van der Waals surface area contributed by atoms with Gasteiger partial charge in [0.05, 0.1) is 5.56 Å². The maximum Gasteiger partial charge on any atom is 0.232 e. The molecule has 1 aromatic carbocycles. The normalized spacial score (nSPS) is 21.2. The van der Waals surface area contributed by atoms with E-state index < -0.39 is 0 Å². The highest BCUT2D eigenvalue weighted by atomic mass is 32.1. The molecule has 0 radical (unpaired) electrons. The summed E-state index contributed by atoms with van der Waals surface area (Å²) in [5, 5.41) is 10.9. The van der Waals surface area contributed by atoms with Crippen molar-refractivity contribution in [3.05, 3.63) is 62.7 Å². The molecule has 1 atom stereocenters. The smallest absolute Gasteiger partial charge is 0.232 e. The number of nitriles is 1.